The topological polar surface area (TPSA) is 73.1 Å². The largest absolute Gasteiger partial charge is 0.371 e. The number of nitrogens with one attached hydrogen (secondary N) is 1. The molecule has 182 valence electrons. The van der Waals surface area contributed by atoms with Gasteiger partial charge in [0.25, 0.3) is 0 Å². The predicted octanol–water partition coefficient (Wildman–Crippen LogP) is 5.78. The molecule has 4 heterocycles. The van der Waals surface area contributed by atoms with E-state index in [-0.39, 0.29) is 5.82 Å². The zero-order chi connectivity index (χ0) is 24.8. The minimum absolute atomic E-state index is 0.244. The van der Waals surface area contributed by atoms with E-state index in [1.165, 1.54) is 12.1 Å². The van der Waals surface area contributed by atoms with E-state index in [0.29, 0.717) is 12.6 Å². The first-order chi connectivity index (χ1) is 18.2. The summed E-state index contributed by atoms with van der Waals surface area (Å²) in [6.45, 7) is 2.23. The second-order valence-electron chi connectivity index (χ2n) is 9.34. The number of aromatic nitrogens is 5. The average Bonchev–Trinajstić information content (AvgIpc) is 3.45. The molecule has 0 saturated carbocycles. The molecule has 37 heavy (non-hydrogen) atoms. The van der Waals surface area contributed by atoms with Crippen LogP contribution < -0.4 is 5.32 Å². The standard InChI is InChI=1S/C29H23FN6O/c30-23-3-1-2-19(10-23)14-36-28-7-5-24(11-22(28)13-33-36)34-29-26-12-20(4-6-27(26)31-18-32-29)21-8-9-35(15-21)16-25-17-37-25/h1-13,15,18,25H,14,16-17H2,(H,31,32,34)/t25-/m1/s1. The lowest BCUT2D eigenvalue weighted by Gasteiger charge is -2.10. The lowest BCUT2D eigenvalue weighted by Crippen LogP contribution is -2.01. The third-order valence-electron chi connectivity index (χ3n) is 6.66. The van der Waals surface area contributed by atoms with Crippen LogP contribution in [0.15, 0.2) is 91.6 Å². The highest BCUT2D eigenvalue weighted by molar-refractivity contribution is 5.94. The third kappa shape index (κ3) is 4.43. The lowest BCUT2D eigenvalue weighted by molar-refractivity contribution is 0.383. The first-order valence-electron chi connectivity index (χ1n) is 12.2. The van der Waals surface area contributed by atoms with Crippen molar-refractivity contribution in [2.24, 2.45) is 0 Å². The van der Waals surface area contributed by atoms with Gasteiger partial charge in [0.15, 0.2) is 0 Å². The predicted molar refractivity (Wildman–Crippen MR) is 141 cm³/mol. The van der Waals surface area contributed by atoms with Gasteiger partial charge >= 0.3 is 0 Å². The molecule has 0 unspecified atom stereocenters. The maximum absolute atomic E-state index is 13.6. The van der Waals surface area contributed by atoms with E-state index in [0.717, 1.165) is 63.2 Å². The summed E-state index contributed by atoms with van der Waals surface area (Å²) in [6, 6.07) is 21.0. The highest BCUT2D eigenvalue weighted by atomic mass is 19.1. The Kier molecular flexibility index (Phi) is 5.18. The fraction of sp³-hybridized carbons (Fsp3) is 0.138. The third-order valence-corrected chi connectivity index (χ3v) is 6.66. The molecule has 1 aliphatic heterocycles. The van der Waals surface area contributed by atoms with Crippen molar-refractivity contribution in [1.29, 1.82) is 0 Å². The maximum atomic E-state index is 13.6. The molecule has 6 aromatic rings. The van der Waals surface area contributed by atoms with E-state index in [4.69, 9.17) is 4.74 Å². The summed E-state index contributed by atoms with van der Waals surface area (Å²) < 4.78 is 23.0. The van der Waals surface area contributed by atoms with Crippen molar-refractivity contribution in [2.75, 3.05) is 11.9 Å². The van der Waals surface area contributed by atoms with Gasteiger partial charge in [-0.25, -0.2) is 14.4 Å². The fourth-order valence-corrected chi connectivity index (χ4v) is 4.71. The Bertz CT molecular complexity index is 1750. The van der Waals surface area contributed by atoms with Crippen LogP contribution in [0.5, 0.6) is 0 Å². The normalized spacial score (nSPS) is 14.9. The average molecular weight is 491 g/mol. The van der Waals surface area contributed by atoms with Gasteiger partial charge in [-0.2, -0.15) is 5.10 Å². The summed E-state index contributed by atoms with van der Waals surface area (Å²) in [6.07, 6.45) is 7.98. The van der Waals surface area contributed by atoms with Crippen LogP contribution >= 0.6 is 0 Å². The van der Waals surface area contributed by atoms with Crippen molar-refractivity contribution >= 4 is 33.3 Å². The molecule has 7 rings (SSSR count). The number of halogens is 1. The lowest BCUT2D eigenvalue weighted by atomic mass is 10.1. The first kappa shape index (κ1) is 21.7. The van der Waals surface area contributed by atoms with Crippen molar-refractivity contribution < 1.29 is 9.13 Å². The van der Waals surface area contributed by atoms with Crippen LogP contribution in [0.4, 0.5) is 15.9 Å². The smallest absolute Gasteiger partial charge is 0.141 e. The molecule has 1 N–H and O–H groups in total. The van der Waals surface area contributed by atoms with Crippen molar-refractivity contribution in [3.8, 4) is 11.1 Å². The van der Waals surface area contributed by atoms with Gasteiger partial charge in [-0.3, -0.25) is 4.68 Å². The number of fused-ring (bicyclic) bond motifs is 2. The summed E-state index contributed by atoms with van der Waals surface area (Å²) in [5.74, 6) is 0.496. The summed E-state index contributed by atoms with van der Waals surface area (Å²) in [4.78, 5) is 9.00. The van der Waals surface area contributed by atoms with Gasteiger partial charge in [-0.05, 0) is 65.2 Å². The van der Waals surface area contributed by atoms with E-state index >= 15 is 0 Å². The molecule has 0 radical (unpaired) electrons. The Morgan fingerprint density at radius 3 is 2.84 bits per heavy atom. The van der Waals surface area contributed by atoms with Crippen LogP contribution in [-0.4, -0.2) is 37.0 Å². The van der Waals surface area contributed by atoms with Crippen LogP contribution in [0, 0.1) is 5.82 Å². The van der Waals surface area contributed by atoms with Gasteiger partial charge in [-0.1, -0.05) is 18.2 Å². The van der Waals surface area contributed by atoms with Crippen LogP contribution in [0.25, 0.3) is 32.9 Å². The SMILES string of the molecule is Fc1cccc(Cn2ncc3cc(Nc4ncnc5ccc(-c6ccn(C[C@@H]7CO7)c6)cc45)ccc32)c1. The Labute approximate surface area is 212 Å². The van der Waals surface area contributed by atoms with Crippen molar-refractivity contribution in [3.05, 3.63) is 103 Å². The number of rotatable bonds is 7. The monoisotopic (exact) mass is 490 g/mol. The molecule has 8 heteroatoms. The summed E-state index contributed by atoms with van der Waals surface area (Å²) in [5, 5.41) is 9.91. The second-order valence-corrected chi connectivity index (χ2v) is 9.34. The minimum Gasteiger partial charge on any atom is -0.371 e. The van der Waals surface area contributed by atoms with E-state index in [1.54, 1.807) is 12.4 Å². The van der Waals surface area contributed by atoms with Crippen molar-refractivity contribution in [3.63, 3.8) is 0 Å². The van der Waals surface area contributed by atoms with Gasteiger partial charge in [0.05, 0.1) is 43.0 Å². The summed E-state index contributed by atoms with van der Waals surface area (Å²) >= 11 is 0. The van der Waals surface area contributed by atoms with Crippen LogP contribution in [-0.2, 0) is 17.8 Å². The minimum atomic E-state index is -0.244. The Morgan fingerprint density at radius 2 is 1.95 bits per heavy atom. The van der Waals surface area contributed by atoms with Crippen LogP contribution in [0.2, 0.25) is 0 Å². The molecular formula is C29H23FN6O. The number of hydrogen-bond donors (Lipinski definition) is 1. The highest BCUT2D eigenvalue weighted by Crippen LogP contribution is 2.30. The van der Waals surface area contributed by atoms with Gasteiger partial charge in [0.2, 0.25) is 0 Å². The van der Waals surface area contributed by atoms with Gasteiger partial charge in [-0.15, -0.1) is 0 Å². The zero-order valence-corrected chi connectivity index (χ0v) is 19.9. The molecule has 1 aliphatic rings. The summed E-state index contributed by atoms with van der Waals surface area (Å²) in [7, 11) is 0. The molecule has 7 nitrogen and oxygen atoms in total. The Hall–Kier alpha value is -4.56. The van der Waals surface area contributed by atoms with E-state index in [1.807, 2.05) is 41.2 Å². The number of benzene rings is 3. The molecule has 3 aromatic heterocycles. The molecule has 0 amide bonds. The molecule has 3 aromatic carbocycles. The van der Waals surface area contributed by atoms with Gasteiger partial charge in [0.1, 0.15) is 18.0 Å². The van der Waals surface area contributed by atoms with Crippen LogP contribution in [0.1, 0.15) is 5.56 Å². The van der Waals surface area contributed by atoms with Crippen molar-refractivity contribution in [2.45, 2.75) is 19.2 Å². The number of nitrogens with zero attached hydrogens (tertiary/aromatic N) is 5. The molecule has 1 atom stereocenters. The second kappa shape index (κ2) is 8.83. The number of hydrogen-bond acceptors (Lipinski definition) is 5. The van der Waals surface area contributed by atoms with Crippen LogP contribution in [0.3, 0.4) is 0 Å². The maximum Gasteiger partial charge on any atom is 0.141 e. The molecule has 1 fully saturated rings. The van der Waals surface area contributed by atoms with Crippen molar-refractivity contribution in [1.82, 2.24) is 24.3 Å². The molecule has 0 spiro atoms. The first-order valence-corrected chi connectivity index (χ1v) is 12.2. The van der Waals surface area contributed by atoms with E-state index in [2.05, 4.69) is 55.5 Å². The number of epoxide rings is 1. The number of ether oxygens (including phenoxy) is 1. The quantitative estimate of drug-likeness (QED) is 0.287. The zero-order valence-electron chi connectivity index (χ0n) is 19.9. The number of anilines is 2. The molecule has 0 bridgehead atoms. The van der Waals surface area contributed by atoms with E-state index < -0.39 is 0 Å². The molecular weight excluding hydrogens is 467 g/mol. The van der Waals surface area contributed by atoms with Gasteiger partial charge < -0.3 is 14.6 Å². The summed E-state index contributed by atoms with van der Waals surface area (Å²) in [5.41, 5.74) is 5.87. The molecule has 1 saturated heterocycles. The van der Waals surface area contributed by atoms with Gasteiger partial charge in [0, 0.05) is 28.9 Å². The highest BCUT2D eigenvalue weighted by Gasteiger charge is 2.22. The Morgan fingerprint density at radius 1 is 1.00 bits per heavy atom. The Balaban J connectivity index is 1.17. The molecule has 0 aliphatic carbocycles. The fourth-order valence-electron chi connectivity index (χ4n) is 4.71. The van der Waals surface area contributed by atoms with E-state index in [9.17, 15) is 4.39 Å².